The van der Waals surface area contributed by atoms with Crippen LogP contribution in [0.2, 0.25) is 0 Å². The average Bonchev–Trinajstić information content (AvgIpc) is 3.19. The molecule has 1 N–H and O–H groups in total. The molecular formula is C18H35ClN2O. The van der Waals surface area contributed by atoms with Crippen molar-refractivity contribution in [1.82, 2.24) is 10.2 Å². The fourth-order valence-corrected chi connectivity index (χ4v) is 3.83. The van der Waals surface area contributed by atoms with Crippen LogP contribution in [0.3, 0.4) is 0 Å². The molecule has 1 aliphatic carbocycles. The number of halogens is 1. The van der Waals surface area contributed by atoms with Crippen molar-refractivity contribution in [3.8, 4) is 0 Å². The summed E-state index contributed by atoms with van der Waals surface area (Å²) >= 11 is 0. The van der Waals surface area contributed by atoms with Crippen molar-refractivity contribution >= 4 is 18.3 Å². The first kappa shape index (κ1) is 19.8. The number of amides is 1. The first-order valence-corrected chi connectivity index (χ1v) is 9.23. The van der Waals surface area contributed by atoms with Crippen molar-refractivity contribution < 1.29 is 4.79 Å². The highest BCUT2D eigenvalue weighted by Crippen LogP contribution is 2.59. The number of rotatable bonds is 9. The van der Waals surface area contributed by atoms with Crippen molar-refractivity contribution in [3.05, 3.63) is 0 Å². The number of nitrogens with zero attached hydrogens (tertiary/aromatic N) is 1. The summed E-state index contributed by atoms with van der Waals surface area (Å²) in [7, 11) is 0. The van der Waals surface area contributed by atoms with E-state index in [1.165, 1.54) is 51.4 Å². The summed E-state index contributed by atoms with van der Waals surface area (Å²) in [6, 6.07) is 0. The number of unbranched alkanes of at least 4 members (excludes halogenated alkanes) is 4. The van der Waals surface area contributed by atoms with Crippen LogP contribution in [0.15, 0.2) is 0 Å². The molecule has 2 fully saturated rings. The Hall–Kier alpha value is -0.280. The number of nitrogens with one attached hydrogen (secondary N) is 1. The second kappa shape index (κ2) is 9.77. The Balaban J connectivity index is 0.00000242. The normalized spacial score (nSPS) is 22.2. The highest BCUT2D eigenvalue weighted by atomic mass is 35.5. The summed E-state index contributed by atoms with van der Waals surface area (Å²) in [5.74, 6) is 0.826. The second-order valence-corrected chi connectivity index (χ2v) is 7.11. The number of hydrogen-bond donors (Lipinski definition) is 1. The summed E-state index contributed by atoms with van der Waals surface area (Å²) in [6.07, 6.45) is 10.9. The monoisotopic (exact) mass is 330 g/mol. The van der Waals surface area contributed by atoms with Crippen molar-refractivity contribution in [2.75, 3.05) is 26.2 Å². The Morgan fingerprint density at radius 3 is 2.09 bits per heavy atom. The van der Waals surface area contributed by atoms with Crippen LogP contribution in [0.1, 0.15) is 71.6 Å². The zero-order valence-electron chi connectivity index (χ0n) is 14.5. The molecular weight excluding hydrogens is 296 g/mol. The Morgan fingerprint density at radius 1 is 1.05 bits per heavy atom. The molecule has 130 valence electrons. The highest BCUT2D eigenvalue weighted by Gasteiger charge is 2.58. The zero-order chi connectivity index (χ0) is 15.1. The molecule has 1 unspecified atom stereocenters. The lowest BCUT2D eigenvalue weighted by molar-refractivity contribution is -0.133. The van der Waals surface area contributed by atoms with Crippen LogP contribution in [-0.4, -0.2) is 37.0 Å². The second-order valence-electron chi connectivity index (χ2n) is 7.11. The summed E-state index contributed by atoms with van der Waals surface area (Å²) in [4.78, 5) is 15.1. The Bertz CT molecular complexity index is 319. The van der Waals surface area contributed by atoms with Crippen LogP contribution in [0.25, 0.3) is 0 Å². The number of piperidine rings is 1. The van der Waals surface area contributed by atoms with E-state index in [0.29, 0.717) is 17.2 Å². The Morgan fingerprint density at radius 2 is 1.59 bits per heavy atom. The Labute approximate surface area is 143 Å². The van der Waals surface area contributed by atoms with Crippen LogP contribution in [0.5, 0.6) is 0 Å². The van der Waals surface area contributed by atoms with Crippen LogP contribution in [-0.2, 0) is 4.79 Å². The molecule has 0 aromatic rings. The van der Waals surface area contributed by atoms with E-state index in [1.54, 1.807) is 0 Å². The fourth-order valence-electron chi connectivity index (χ4n) is 3.83. The van der Waals surface area contributed by atoms with Crippen molar-refractivity contribution in [1.29, 1.82) is 0 Å². The number of carbonyl (C=O) groups excluding carboxylic acids is 1. The maximum absolute atomic E-state index is 12.9. The van der Waals surface area contributed by atoms with Gasteiger partial charge in [0.25, 0.3) is 0 Å². The minimum atomic E-state index is 0. The molecule has 22 heavy (non-hydrogen) atoms. The minimum Gasteiger partial charge on any atom is -0.342 e. The van der Waals surface area contributed by atoms with E-state index in [0.717, 1.165) is 32.6 Å². The van der Waals surface area contributed by atoms with Gasteiger partial charge in [0, 0.05) is 19.0 Å². The molecule has 0 aromatic heterocycles. The van der Waals surface area contributed by atoms with Crippen LogP contribution >= 0.6 is 12.4 Å². The summed E-state index contributed by atoms with van der Waals surface area (Å²) < 4.78 is 0. The zero-order valence-corrected chi connectivity index (χ0v) is 15.3. The van der Waals surface area contributed by atoms with Gasteiger partial charge < -0.3 is 10.2 Å². The van der Waals surface area contributed by atoms with Crippen molar-refractivity contribution in [2.24, 2.45) is 11.3 Å². The molecule has 1 aliphatic heterocycles. The van der Waals surface area contributed by atoms with Gasteiger partial charge >= 0.3 is 0 Å². The summed E-state index contributed by atoms with van der Waals surface area (Å²) in [5, 5.41) is 3.43. The third kappa shape index (κ3) is 5.13. The van der Waals surface area contributed by atoms with Gasteiger partial charge in [-0.3, -0.25) is 4.79 Å². The van der Waals surface area contributed by atoms with E-state index >= 15 is 0 Å². The molecule has 1 saturated heterocycles. The average molecular weight is 331 g/mol. The summed E-state index contributed by atoms with van der Waals surface area (Å²) in [6.45, 7) is 8.65. The molecule has 4 heteroatoms. The van der Waals surface area contributed by atoms with E-state index in [9.17, 15) is 4.79 Å². The topological polar surface area (TPSA) is 32.3 Å². The van der Waals surface area contributed by atoms with Gasteiger partial charge in [0.2, 0.25) is 5.91 Å². The van der Waals surface area contributed by atoms with Crippen molar-refractivity contribution in [2.45, 2.75) is 71.6 Å². The van der Waals surface area contributed by atoms with Crippen LogP contribution < -0.4 is 5.32 Å². The molecule has 2 rings (SSSR count). The maximum Gasteiger partial charge on any atom is 0.226 e. The maximum atomic E-state index is 12.9. The van der Waals surface area contributed by atoms with Gasteiger partial charge in [-0.2, -0.15) is 0 Å². The molecule has 1 amide bonds. The first-order valence-electron chi connectivity index (χ1n) is 9.23. The van der Waals surface area contributed by atoms with E-state index < -0.39 is 0 Å². The van der Waals surface area contributed by atoms with Gasteiger partial charge in [0.05, 0.1) is 0 Å². The fraction of sp³-hybridized carbons (Fsp3) is 0.944. The first-order chi connectivity index (χ1) is 10.2. The van der Waals surface area contributed by atoms with Crippen LogP contribution in [0.4, 0.5) is 0 Å². The third-order valence-corrected chi connectivity index (χ3v) is 5.46. The van der Waals surface area contributed by atoms with Gasteiger partial charge in [-0.25, -0.2) is 0 Å². The molecule has 0 radical (unpaired) electrons. The minimum absolute atomic E-state index is 0. The van der Waals surface area contributed by atoms with Crippen LogP contribution in [0, 0.1) is 11.3 Å². The van der Waals surface area contributed by atoms with Crippen molar-refractivity contribution in [3.63, 3.8) is 0 Å². The number of hydrogen-bond acceptors (Lipinski definition) is 2. The molecule has 2 aliphatic rings. The van der Waals surface area contributed by atoms with Gasteiger partial charge in [-0.1, -0.05) is 39.5 Å². The molecule has 3 nitrogen and oxygen atoms in total. The number of carbonyl (C=O) groups is 1. The Kier molecular flexibility index (Phi) is 8.78. The SMILES string of the molecule is CCCCCN(CCCCC)C(=O)C1CC12CCNCC2.Cl. The largest absolute Gasteiger partial charge is 0.342 e. The van der Waals surface area contributed by atoms with E-state index in [1.807, 2.05) is 0 Å². The lowest BCUT2D eigenvalue weighted by atomic mass is 9.91. The predicted octanol–water partition coefficient (Wildman–Crippen LogP) is 4.01. The molecule has 1 atom stereocenters. The quantitative estimate of drug-likeness (QED) is 0.648. The van der Waals surface area contributed by atoms with E-state index in [-0.39, 0.29) is 12.4 Å². The molecule has 1 heterocycles. The van der Waals surface area contributed by atoms with E-state index in [4.69, 9.17) is 0 Å². The molecule has 0 bridgehead atoms. The van der Waals surface area contributed by atoms with E-state index in [2.05, 4.69) is 24.1 Å². The highest BCUT2D eigenvalue weighted by molar-refractivity contribution is 5.85. The van der Waals surface area contributed by atoms with Gasteiger partial charge in [-0.05, 0) is 50.6 Å². The lowest BCUT2D eigenvalue weighted by Gasteiger charge is -2.27. The smallest absolute Gasteiger partial charge is 0.226 e. The third-order valence-electron chi connectivity index (χ3n) is 5.46. The van der Waals surface area contributed by atoms with Gasteiger partial charge in [-0.15, -0.1) is 12.4 Å². The summed E-state index contributed by atoms with van der Waals surface area (Å²) in [5.41, 5.74) is 0.385. The van der Waals surface area contributed by atoms with Gasteiger partial charge in [0.15, 0.2) is 0 Å². The lowest BCUT2D eigenvalue weighted by Crippen LogP contribution is -2.37. The molecule has 1 saturated carbocycles. The molecule has 1 spiro atoms. The van der Waals surface area contributed by atoms with Gasteiger partial charge in [0.1, 0.15) is 0 Å². The standard InChI is InChI=1S/C18H34N2O.ClH/c1-3-5-7-13-20(14-8-6-4-2)17(21)16-15-18(16)9-11-19-12-10-18;/h16,19H,3-15H2,1-2H3;1H. The molecule has 0 aromatic carbocycles. The predicted molar refractivity (Wildman–Crippen MR) is 95.5 cm³/mol.